The van der Waals surface area contributed by atoms with Gasteiger partial charge in [0.1, 0.15) is 5.03 Å². The van der Waals surface area contributed by atoms with E-state index in [0.29, 0.717) is 21.1 Å². The molecule has 7 nitrogen and oxygen atoms in total. The summed E-state index contributed by atoms with van der Waals surface area (Å²) in [6.07, 6.45) is -2.79. The molecule has 3 aromatic heterocycles. The second kappa shape index (κ2) is 5.88. The Kier molecular flexibility index (Phi) is 3.68. The number of aromatic nitrogens is 6. The van der Waals surface area contributed by atoms with E-state index >= 15 is 0 Å². The van der Waals surface area contributed by atoms with E-state index in [-0.39, 0.29) is 11.2 Å². The second-order valence-electron chi connectivity index (χ2n) is 5.18. The third-order valence-electron chi connectivity index (χ3n) is 3.60. The average molecular weight is 360 g/mol. The Bertz CT molecular complexity index is 1160. The Morgan fingerprint density at radius 3 is 2.72 bits per heavy atom. The number of hydrogen-bond acceptors (Lipinski definition) is 6. The normalized spacial score (nSPS) is 11.7. The summed E-state index contributed by atoms with van der Waals surface area (Å²) in [5.74, 6) is -0.530. The Balaban J connectivity index is 1.81. The molecule has 0 aliphatic heterocycles. The van der Waals surface area contributed by atoms with Crippen molar-refractivity contribution >= 4 is 28.3 Å². The predicted octanol–water partition coefficient (Wildman–Crippen LogP) is 2.46. The maximum absolute atomic E-state index is 13.0. The minimum Gasteiger partial charge on any atom is -0.290 e. The highest BCUT2D eigenvalue weighted by Gasteiger charge is 2.18. The van der Waals surface area contributed by atoms with Crippen molar-refractivity contribution in [3.8, 4) is 0 Å². The van der Waals surface area contributed by atoms with Crippen molar-refractivity contribution in [2.24, 2.45) is 7.05 Å². The minimum absolute atomic E-state index is 0.188. The van der Waals surface area contributed by atoms with Gasteiger partial charge >= 0.3 is 0 Å². The van der Waals surface area contributed by atoms with Gasteiger partial charge in [0.25, 0.3) is 12.0 Å². The maximum atomic E-state index is 13.0. The molecule has 10 heteroatoms. The molecule has 0 saturated carbocycles. The number of para-hydroxylation sites is 1. The number of alkyl halides is 2. The molecule has 4 rings (SSSR count). The van der Waals surface area contributed by atoms with Crippen LogP contribution in [0.5, 0.6) is 0 Å². The molecule has 0 spiro atoms. The van der Waals surface area contributed by atoms with Crippen LogP contribution in [0, 0.1) is 0 Å². The van der Waals surface area contributed by atoms with Gasteiger partial charge in [-0.2, -0.15) is 9.61 Å². The largest absolute Gasteiger partial charge is 0.299 e. The summed E-state index contributed by atoms with van der Waals surface area (Å²) < 4.78 is 28.3. The van der Waals surface area contributed by atoms with Crippen molar-refractivity contribution in [1.29, 1.82) is 0 Å². The van der Waals surface area contributed by atoms with Gasteiger partial charge in [0, 0.05) is 7.05 Å². The molecule has 0 fully saturated rings. The first-order valence-corrected chi connectivity index (χ1v) is 8.00. The van der Waals surface area contributed by atoms with E-state index in [1.807, 2.05) is 0 Å². The van der Waals surface area contributed by atoms with E-state index in [2.05, 4.69) is 20.3 Å². The van der Waals surface area contributed by atoms with E-state index < -0.39 is 12.2 Å². The quantitative estimate of drug-likeness (QED) is 0.522. The van der Waals surface area contributed by atoms with Crippen LogP contribution in [0.15, 0.2) is 51.4 Å². The third kappa shape index (κ3) is 2.64. The molecule has 0 amide bonds. The zero-order chi connectivity index (χ0) is 17.6. The molecule has 0 atom stereocenters. The highest BCUT2D eigenvalue weighted by atomic mass is 32.2. The predicted molar refractivity (Wildman–Crippen MR) is 86.8 cm³/mol. The van der Waals surface area contributed by atoms with Crippen LogP contribution < -0.4 is 5.56 Å². The van der Waals surface area contributed by atoms with E-state index in [4.69, 9.17) is 0 Å². The van der Waals surface area contributed by atoms with Crippen LogP contribution in [-0.4, -0.2) is 29.4 Å². The van der Waals surface area contributed by atoms with Crippen LogP contribution in [0.25, 0.3) is 16.6 Å². The summed E-state index contributed by atoms with van der Waals surface area (Å²) in [6.45, 7) is 0. The zero-order valence-corrected chi connectivity index (χ0v) is 13.6. The lowest BCUT2D eigenvalue weighted by atomic mass is 10.2. The minimum atomic E-state index is -2.79. The monoisotopic (exact) mass is 360 g/mol. The first kappa shape index (κ1) is 15.6. The van der Waals surface area contributed by atoms with Crippen LogP contribution in [0.3, 0.4) is 0 Å². The van der Waals surface area contributed by atoms with Crippen LogP contribution in [-0.2, 0) is 7.05 Å². The molecule has 0 unspecified atom stereocenters. The Labute approximate surface area is 143 Å². The highest BCUT2D eigenvalue weighted by Crippen LogP contribution is 2.25. The lowest BCUT2D eigenvalue weighted by Gasteiger charge is -2.08. The summed E-state index contributed by atoms with van der Waals surface area (Å²) >= 11 is 1.10. The van der Waals surface area contributed by atoms with Crippen molar-refractivity contribution < 1.29 is 8.78 Å². The van der Waals surface area contributed by atoms with Crippen LogP contribution in [0.4, 0.5) is 8.78 Å². The summed E-state index contributed by atoms with van der Waals surface area (Å²) in [4.78, 5) is 16.9. The number of nitrogens with zero attached hydrogens (tertiary/aromatic N) is 6. The van der Waals surface area contributed by atoms with Gasteiger partial charge in [-0.05, 0) is 36.0 Å². The Morgan fingerprint density at radius 2 is 1.92 bits per heavy atom. The van der Waals surface area contributed by atoms with Crippen molar-refractivity contribution in [1.82, 2.24) is 29.4 Å². The van der Waals surface area contributed by atoms with Crippen molar-refractivity contribution in [2.75, 3.05) is 0 Å². The summed E-state index contributed by atoms with van der Waals surface area (Å²) in [5.41, 5.74) is 0.596. The summed E-state index contributed by atoms with van der Waals surface area (Å²) in [5, 5.41) is 12.5. The van der Waals surface area contributed by atoms with Crippen LogP contribution >= 0.6 is 11.8 Å². The van der Waals surface area contributed by atoms with Gasteiger partial charge < -0.3 is 0 Å². The smallest absolute Gasteiger partial charge is 0.290 e. The number of fused-ring (bicyclic) bond motifs is 2. The molecule has 0 saturated heterocycles. The van der Waals surface area contributed by atoms with Gasteiger partial charge in [-0.25, -0.2) is 13.8 Å². The van der Waals surface area contributed by atoms with Gasteiger partial charge in [0.05, 0.1) is 10.9 Å². The van der Waals surface area contributed by atoms with E-state index in [9.17, 15) is 13.6 Å². The van der Waals surface area contributed by atoms with E-state index in [1.54, 1.807) is 37.4 Å². The average Bonchev–Trinajstić information content (AvgIpc) is 3.03. The molecule has 0 bridgehead atoms. The van der Waals surface area contributed by atoms with Gasteiger partial charge in [-0.15, -0.1) is 10.2 Å². The molecule has 3 heterocycles. The fourth-order valence-corrected chi connectivity index (χ4v) is 3.17. The molecule has 0 radical (unpaired) electrons. The molecule has 0 aliphatic rings. The standard InChI is InChI=1S/C15H10F2N6OS/c1-22-14(24)8-4-2-3-5-9(8)18-15(22)25-11-7-6-10-19-20-13(12(16)17)23(10)21-11/h2-7,12H,1H3. The SMILES string of the molecule is Cn1c(Sc2ccc3nnc(C(F)F)n3n2)nc2ccccc2c1=O. The first-order chi connectivity index (χ1) is 12.0. The zero-order valence-electron chi connectivity index (χ0n) is 12.8. The number of hydrogen-bond donors (Lipinski definition) is 0. The first-order valence-electron chi connectivity index (χ1n) is 7.19. The molecule has 0 N–H and O–H groups in total. The van der Waals surface area contributed by atoms with Gasteiger partial charge in [0.2, 0.25) is 5.82 Å². The molecule has 25 heavy (non-hydrogen) atoms. The molecular weight excluding hydrogens is 350 g/mol. The Hall–Kier alpha value is -2.88. The van der Waals surface area contributed by atoms with Crippen LogP contribution in [0.2, 0.25) is 0 Å². The number of rotatable bonds is 3. The highest BCUT2D eigenvalue weighted by molar-refractivity contribution is 7.99. The lowest BCUT2D eigenvalue weighted by molar-refractivity contribution is 0.137. The molecule has 126 valence electrons. The third-order valence-corrected chi connectivity index (χ3v) is 4.57. The fourth-order valence-electron chi connectivity index (χ4n) is 2.36. The lowest BCUT2D eigenvalue weighted by Crippen LogP contribution is -2.19. The molecule has 4 aromatic rings. The van der Waals surface area contributed by atoms with E-state index in [0.717, 1.165) is 16.3 Å². The Morgan fingerprint density at radius 1 is 1.12 bits per heavy atom. The second-order valence-corrected chi connectivity index (χ2v) is 6.17. The van der Waals surface area contributed by atoms with Gasteiger partial charge in [-0.3, -0.25) is 9.36 Å². The van der Waals surface area contributed by atoms with Gasteiger partial charge in [0.15, 0.2) is 10.8 Å². The molecular formula is C15H10F2N6OS. The van der Waals surface area contributed by atoms with Crippen LogP contribution in [0.1, 0.15) is 12.2 Å². The summed E-state index contributed by atoms with van der Waals surface area (Å²) in [6, 6.07) is 10.2. The number of halogens is 2. The topological polar surface area (TPSA) is 78.0 Å². The van der Waals surface area contributed by atoms with Gasteiger partial charge in [-0.1, -0.05) is 12.1 Å². The summed E-state index contributed by atoms with van der Waals surface area (Å²) in [7, 11) is 1.60. The van der Waals surface area contributed by atoms with Crippen molar-refractivity contribution in [3.05, 3.63) is 52.6 Å². The number of benzene rings is 1. The molecule has 0 aliphatic carbocycles. The maximum Gasteiger partial charge on any atom is 0.299 e. The molecule has 1 aromatic carbocycles. The fraction of sp³-hybridized carbons (Fsp3) is 0.133. The van der Waals surface area contributed by atoms with E-state index in [1.165, 1.54) is 10.6 Å². The van der Waals surface area contributed by atoms with Crippen molar-refractivity contribution in [3.63, 3.8) is 0 Å². The van der Waals surface area contributed by atoms with Crippen molar-refractivity contribution in [2.45, 2.75) is 16.6 Å².